The minimum atomic E-state index is 0.0688. The summed E-state index contributed by atoms with van der Waals surface area (Å²) in [4.78, 5) is 14.4. The molecule has 0 bridgehead atoms. The summed E-state index contributed by atoms with van der Waals surface area (Å²) in [7, 11) is 1.99. The molecule has 16 heavy (non-hydrogen) atoms. The summed E-state index contributed by atoms with van der Waals surface area (Å²) >= 11 is 0. The Bertz CT molecular complexity index is 248. The molecule has 0 aromatic heterocycles. The lowest BCUT2D eigenvalue weighted by atomic mass is 9.91. The Morgan fingerprint density at radius 2 is 1.88 bits per heavy atom. The third-order valence-electron chi connectivity index (χ3n) is 4.26. The van der Waals surface area contributed by atoms with Crippen LogP contribution < -0.4 is 5.32 Å². The fraction of sp³-hybridized carbons (Fsp3) is 0.923. The van der Waals surface area contributed by atoms with Crippen LogP contribution in [0.4, 0.5) is 0 Å². The van der Waals surface area contributed by atoms with E-state index in [9.17, 15) is 4.79 Å². The third kappa shape index (κ3) is 2.40. The number of nitrogens with zero attached hydrogens (tertiary/aromatic N) is 1. The van der Waals surface area contributed by atoms with E-state index < -0.39 is 0 Å². The number of rotatable bonds is 2. The maximum Gasteiger partial charge on any atom is 0.239 e. The van der Waals surface area contributed by atoms with Crippen molar-refractivity contribution in [2.75, 3.05) is 13.6 Å². The normalized spacial score (nSPS) is 31.6. The fourth-order valence-electron chi connectivity index (χ4n) is 3.07. The predicted molar refractivity (Wildman–Crippen MR) is 65.2 cm³/mol. The van der Waals surface area contributed by atoms with Gasteiger partial charge in [0.05, 0.1) is 6.04 Å². The number of carbonyl (C=O) groups is 1. The molecule has 2 rings (SSSR count). The summed E-state index contributed by atoms with van der Waals surface area (Å²) in [5.41, 5.74) is 0. The van der Waals surface area contributed by atoms with Gasteiger partial charge in [-0.2, -0.15) is 0 Å². The van der Waals surface area contributed by atoms with Gasteiger partial charge >= 0.3 is 0 Å². The van der Waals surface area contributed by atoms with E-state index in [1.165, 1.54) is 38.5 Å². The van der Waals surface area contributed by atoms with Gasteiger partial charge in [-0.25, -0.2) is 0 Å². The van der Waals surface area contributed by atoms with E-state index in [1.807, 2.05) is 11.9 Å². The minimum absolute atomic E-state index is 0.0688. The lowest BCUT2D eigenvalue weighted by Gasteiger charge is -2.34. The van der Waals surface area contributed by atoms with Gasteiger partial charge in [0.15, 0.2) is 0 Å². The highest BCUT2D eigenvalue weighted by Gasteiger charge is 2.32. The highest BCUT2D eigenvalue weighted by atomic mass is 16.2. The largest absolute Gasteiger partial charge is 0.341 e. The predicted octanol–water partition coefficient (Wildman–Crippen LogP) is 1.78. The molecule has 2 aliphatic rings. The van der Waals surface area contributed by atoms with Gasteiger partial charge in [0.25, 0.3) is 0 Å². The molecule has 1 heterocycles. The quantitative estimate of drug-likeness (QED) is 0.775. The zero-order valence-electron chi connectivity index (χ0n) is 10.5. The van der Waals surface area contributed by atoms with E-state index in [0.717, 1.165) is 6.54 Å². The minimum Gasteiger partial charge on any atom is -0.341 e. The van der Waals surface area contributed by atoms with Gasteiger partial charge in [0.2, 0.25) is 5.91 Å². The van der Waals surface area contributed by atoms with Gasteiger partial charge in [0.1, 0.15) is 0 Å². The van der Waals surface area contributed by atoms with E-state index in [1.54, 1.807) is 0 Å². The molecule has 0 spiro atoms. The smallest absolute Gasteiger partial charge is 0.239 e. The SMILES string of the molecule is CC1CCCNC1C(=O)N(C)C1CCCC1. The summed E-state index contributed by atoms with van der Waals surface area (Å²) < 4.78 is 0. The Labute approximate surface area is 98.6 Å². The first-order valence-electron chi connectivity index (χ1n) is 6.70. The average molecular weight is 224 g/mol. The molecule has 1 saturated heterocycles. The van der Waals surface area contributed by atoms with Crippen LogP contribution >= 0.6 is 0 Å². The average Bonchev–Trinajstić information content (AvgIpc) is 2.81. The van der Waals surface area contributed by atoms with Crippen molar-refractivity contribution in [3.63, 3.8) is 0 Å². The second-order valence-electron chi connectivity index (χ2n) is 5.44. The van der Waals surface area contributed by atoms with Crippen molar-refractivity contribution in [1.82, 2.24) is 10.2 Å². The zero-order valence-corrected chi connectivity index (χ0v) is 10.5. The Hall–Kier alpha value is -0.570. The molecule has 2 unspecified atom stereocenters. The summed E-state index contributed by atoms with van der Waals surface area (Å²) in [6, 6.07) is 0.572. The van der Waals surface area contributed by atoms with Crippen LogP contribution in [-0.4, -0.2) is 36.5 Å². The summed E-state index contributed by atoms with van der Waals surface area (Å²) in [6.45, 7) is 3.19. The standard InChI is InChI=1S/C13H24N2O/c1-10-6-5-9-14-12(10)13(16)15(2)11-7-3-4-8-11/h10-12,14H,3-9H2,1-2H3. The van der Waals surface area contributed by atoms with Crippen molar-refractivity contribution in [1.29, 1.82) is 0 Å². The summed E-state index contributed by atoms with van der Waals surface area (Å²) in [5.74, 6) is 0.809. The Morgan fingerprint density at radius 1 is 1.19 bits per heavy atom. The van der Waals surface area contributed by atoms with Gasteiger partial charge < -0.3 is 10.2 Å². The summed E-state index contributed by atoms with van der Waals surface area (Å²) in [6.07, 6.45) is 7.36. The molecule has 2 fully saturated rings. The number of likely N-dealkylation sites (N-methyl/N-ethyl adjacent to an activating group) is 1. The van der Waals surface area contributed by atoms with Crippen molar-refractivity contribution >= 4 is 5.91 Å². The van der Waals surface area contributed by atoms with Crippen LogP contribution in [0.25, 0.3) is 0 Å². The first-order chi connectivity index (χ1) is 7.70. The molecular formula is C13H24N2O. The van der Waals surface area contributed by atoms with Gasteiger partial charge in [0, 0.05) is 13.1 Å². The van der Waals surface area contributed by atoms with E-state index in [4.69, 9.17) is 0 Å². The molecule has 1 saturated carbocycles. The van der Waals surface area contributed by atoms with E-state index in [-0.39, 0.29) is 6.04 Å². The first kappa shape index (κ1) is 11.9. The van der Waals surface area contributed by atoms with Crippen LogP contribution in [0, 0.1) is 5.92 Å². The summed E-state index contributed by atoms with van der Waals surface area (Å²) in [5, 5.41) is 3.38. The molecule has 3 heteroatoms. The number of carbonyl (C=O) groups excluding carboxylic acids is 1. The Balaban J connectivity index is 1.94. The topological polar surface area (TPSA) is 32.3 Å². The molecule has 1 amide bonds. The van der Waals surface area contributed by atoms with Gasteiger partial charge in [-0.3, -0.25) is 4.79 Å². The van der Waals surface area contributed by atoms with Crippen LogP contribution in [0.1, 0.15) is 45.4 Å². The molecule has 1 N–H and O–H groups in total. The van der Waals surface area contributed by atoms with Gasteiger partial charge in [-0.15, -0.1) is 0 Å². The van der Waals surface area contributed by atoms with Crippen LogP contribution in [0.2, 0.25) is 0 Å². The number of hydrogen-bond acceptors (Lipinski definition) is 2. The molecule has 1 aliphatic carbocycles. The Morgan fingerprint density at radius 3 is 2.50 bits per heavy atom. The third-order valence-corrected chi connectivity index (χ3v) is 4.26. The zero-order chi connectivity index (χ0) is 11.5. The van der Waals surface area contributed by atoms with Crippen molar-refractivity contribution < 1.29 is 4.79 Å². The lowest BCUT2D eigenvalue weighted by molar-refractivity contribution is -0.136. The van der Waals surface area contributed by atoms with E-state index in [2.05, 4.69) is 12.2 Å². The molecule has 1 aliphatic heterocycles. The molecule has 0 radical (unpaired) electrons. The van der Waals surface area contributed by atoms with Crippen molar-refractivity contribution in [3.8, 4) is 0 Å². The molecule has 0 aromatic rings. The van der Waals surface area contributed by atoms with Crippen molar-refractivity contribution in [2.24, 2.45) is 5.92 Å². The molecule has 3 nitrogen and oxygen atoms in total. The number of amides is 1. The Kier molecular flexibility index (Phi) is 3.85. The lowest BCUT2D eigenvalue weighted by Crippen LogP contribution is -2.53. The van der Waals surface area contributed by atoms with E-state index in [0.29, 0.717) is 17.9 Å². The van der Waals surface area contributed by atoms with E-state index >= 15 is 0 Å². The second kappa shape index (κ2) is 5.17. The van der Waals surface area contributed by atoms with Crippen LogP contribution in [0.3, 0.4) is 0 Å². The number of hydrogen-bond donors (Lipinski definition) is 1. The monoisotopic (exact) mass is 224 g/mol. The molecular weight excluding hydrogens is 200 g/mol. The number of piperidine rings is 1. The molecule has 0 aromatic carbocycles. The molecule has 92 valence electrons. The maximum absolute atomic E-state index is 12.4. The van der Waals surface area contributed by atoms with Crippen LogP contribution in [-0.2, 0) is 4.79 Å². The van der Waals surface area contributed by atoms with Crippen LogP contribution in [0.15, 0.2) is 0 Å². The van der Waals surface area contributed by atoms with Gasteiger partial charge in [-0.1, -0.05) is 19.8 Å². The fourth-order valence-corrected chi connectivity index (χ4v) is 3.07. The number of nitrogens with one attached hydrogen (secondary N) is 1. The highest BCUT2D eigenvalue weighted by Crippen LogP contribution is 2.25. The second-order valence-corrected chi connectivity index (χ2v) is 5.44. The van der Waals surface area contributed by atoms with Crippen molar-refractivity contribution in [2.45, 2.75) is 57.5 Å². The van der Waals surface area contributed by atoms with Gasteiger partial charge in [-0.05, 0) is 38.1 Å². The highest BCUT2D eigenvalue weighted by molar-refractivity contribution is 5.82. The first-order valence-corrected chi connectivity index (χ1v) is 6.70. The molecule has 2 atom stereocenters. The van der Waals surface area contributed by atoms with Crippen molar-refractivity contribution in [3.05, 3.63) is 0 Å². The van der Waals surface area contributed by atoms with Crippen LogP contribution in [0.5, 0.6) is 0 Å². The maximum atomic E-state index is 12.4.